The average molecular weight is 232 g/mol. The fraction of sp³-hybridized carbons (Fsp3) is 0.533. The van der Waals surface area contributed by atoms with Gasteiger partial charge in [-0.1, -0.05) is 30.3 Å². The summed E-state index contributed by atoms with van der Waals surface area (Å²) in [5.41, 5.74) is 0.969. The molecule has 2 rings (SSSR count). The van der Waals surface area contributed by atoms with Crippen molar-refractivity contribution in [1.82, 2.24) is 0 Å². The zero-order valence-electron chi connectivity index (χ0n) is 10.6. The lowest BCUT2D eigenvalue weighted by molar-refractivity contribution is -0.132. The number of rotatable bonds is 3. The van der Waals surface area contributed by atoms with Gasteiger partial charge in [-0.2, -0.15) is 0 Å². The SMILES string of the molecule is CC1(C)C[C@@H](C(=O)Cc2ccccc2)CCO1. The summed E-state index contributed by atoms with van der Waals surface area (Å²) in [4.78, 5) is 12.2. The lowest BCUT2D eigenvalue weighted by Gasteiger charge is -2.34. The van der Waals surface area contributed by atoms with E-state index in [4.69, 9.17) is 4.74 Å². The summed E-state index contributed by atoms with van der Waals surface area (Å²) in [5, 5.41) is 0. The largest absolute Gasteiger partial charge is 0.376 e. The molecule has 1 atom stereocenters. The van der Waals surface area contributed by atoms with E-state index in [1.54, 1.807) is 0 Å². The average Bonchev–Trinajstić information content (AvgIpc) is 2.29. The first-order chi connectivity index (χ1) is 8.07. The number of Topliss-reactive ketones (excluding diaryl/α,β-unsaturated/α-hetero) is 1. The quantitative estimate of drug-likeness (QED) is 0.800. The maximum absolute atomic E-state index is 12.2. The minimum atomic E-state index is -0.144. The highest BCUT2D eigenvalue weighted by Crippen LogP contribution is 2.29. The maximum atomic E-state index is 12.2. The van der Waals surface area contributed by atoms with Gasteiger partial charge in [0.1, 0.15) is 5.78 Å². The molecule has 1 fully saturated rings. The summed E-state index contributed by atoms with van der Waals surface area (Å²) in [6.45, 7) is 4.84. The lowest BCUT2D eigenvalue weighted by atomic mass is 9.84. The van der Waals surface area contributed by atoms with E-state index in [2.05, 4.69) is 13.8 Å². The van der Waals surface area contributed by atoms with E-state index in [1.807, 2.05) is 30.3 Å². The van der Waals surface area contributed by atoms with Crippen LogP contribution in [0.25, 0.3) is 0 Å². The van der Waals surface area contributed by atoms with Gasteiger partial charge in [-0.3, -0.25) is 4.79 Å². The number of carbonyl (C=O) groups is 1. The van der Waals surface area contributed by atoms with Crippen molar-refractivity contribution in [2.45, 2.75) is 38.7 Å². The van der Waals surface area contributed by atoms with Crippen LogP contribution in [0.15, 0.2) is 30.3 Å². The highest BCUT2D eigenvalue weighted by Gasteiger charge is 2.32. The van der Waals surface area contributed by atoms with Gasteiger partial charge >= 0.3 is 0 Å². The molecule has 1 aliphatic heterocycles. The van der Waals surface area contributed by atoms with Gasteiger partial charge < -0.3 is 4.74 Å². The Bertz CT molecular complexity index is 381. The Morgan fingerprint density at radius 1 is 1.35 bits per heavy atom. The highest BCUT2D eigenvalue weighted by atomic mass is 16.5. The molecule has 0 aliphatic carbocycles. The molecule has 0 amide bonds. The van der Waals surface area contributed by atoms with Crippen molar-refractivity contribution >= 4 is 5.78 Å². The number of ketones is 1. The molecule has 92 valence electrons. The van der Waals surface area contributed by atoms with Crippen molar-refractivity contribution in [1.29, 1.82) is 0 Å². The highest BCUT2D eigenvalue weighted by molar-refractivity contribution is 5.83. The third-order valence-electron chi connectivity index (χ3n) is 3.37. The van der Waals surface area contributed by atoms with Gasteiger partial charge in [0.25, 0.3) is 0 Å². The van der Waals surface area contributed by atoms with E-state index in [0.29, 0.717) is 18.8 Å². The molecule has 1 aromatic carbocycles. The minimum absolute atomic E-state index is 0.144. The van der Waals surface area contributed by atoms with Crippen molar-refractivity contribution < 1.29 is 9.53 Å². The van der Waals surface area contributed by atoms with Gasteiger partial charge in [-0.05, 0) is 32.3 Å². The summed E-state index contributed by atoms with van der Waals surface area (Å²) in [6, 6.07) is 9.98. The summed E-state index contributed by atoms with van der Waals surface area (Å²) < 4.78 is 5.64. The van der Waals surface area contributed by atoms with E-state index < -0.39 is 0 Å². The number of carbonyl (C=O) groups excluding carboxylic acids is 1. The Morgan fingerprint density at radius 3 is 2.71 bits per heavy atom. The number of ether oxygens (including phenoxy) is 1. The van der Waals surface area contributed by atoms with E-state index in [1.165, 1.54) is 0 Å². The van der Waals surface area contributed by atoms with E-state index in [-0.39, 0.29) is 11.5 Å². The van der Waals surface area contributed by atoms with Gasteiger partial charge in [0.05, 0.1) is 5.60 Å². The smallest absolute Gasteiger partial charge is 0.140 e. The Balaban J connectivity index is 1.96. The number of hydrogen-bond acceptors (Lipinski definition) is 2. The molecule has 1 heterocycles. The third kappa shape index (κ3) is 3.40. The second-order valence-corrected chi connectivity index (χ2v) is 5.43. The first kappa shape index (κ1) is 12.3. The van der Waals surface area contributed by atoms with Gasteiger partial charge in [0, 0.05) is 18.9 Å². The maximum Gasteiger partial charge on any atom is 0.140 e. The molecular formula is C15H20O2. The van der Waals surface area contributed by atoms with Crippen molar-refractivity contribution in [3.63, 3.8) is 0 Å². The number of benzene rings is 1. The topological polar surface area (TPSA) is 26.3 Å². The van der Waals surface area contributed by atoms with Crippen LogP contribution in [-0.2, 0) is 16.0 Å². The van der Waals surface area contributed by atoms with Crippen molar-refractivity contribution in [2.75, 3.05) is 6.61 Å². The van der Waals surface area contributed by atoms with Gasteiger partial charge in [0.15, 0.2) is 0 Å². The molecule has 0 radical (unpaired) electrons. The zero-order valence-corrected chi connectivity index (χ0v) is 10.6. The standard InChI is InChI=1S/C15H20O2/c1-15(2)11-13(8-9-17-15)14(16)10-12-6-4-3-5-7-12/h3-7,13H,8-11H2,1-2H3/t13-/m0/s1. The summed E-state index contributed by atoms with van der Waals surface area (Å²) in [7, 11) is 0. The summed E-state index contributed by atoms with van der Waals surface area (Å²) in [6.07, 6.45) is 2.27. The van der Waals surface area contributed by atoms with Crippen LogP contribution in [-0.4, -0.2) is 18.0 Å². The molecule has 1 aliphatic rings. The molecule has 1 aromatic rings. The van der Waals surface area contributed by atoms with Crippen molar-refractivity contribution in [3.05, 3.63) is 35.9 Å². The fourth-order valence-electron chi connectivity index (χ4n) is 2.45. The van der Waals surface area contributed by atoms with Crippen LogP contribution in [0.2, 0.25) is 0 Å². The first-order valence-corrected chi connectivity index (χ1v) is 6.27. The van der Waals surface area contributed by atoms with Crippen molar-refractivity contribution in [2.24, 2.45) is 5.92 Å². The van der Waals surface area contributed by atoms with E-state index in [0.717, 1.165) is 18.4 Å². The Hall–Kier alpha value is -1.15. The van der Waals surface area contributed by atoms with Gasteiger partial charge in [0.2, 0.25) is 0 Å². The molecule has 0 aromatic heterocycles. The lowest BCUT2D eigenvalue weighted by Crippen LogP contribution is -2.37. The van der Waals surface area contributed by atoms with Crippen LogP contribution in [0.5, 0.6) is 0 Å². The molecule has 2 heteroatoms. The Kier molecular flexibility index (Phi) is 3.63. The molecule has 1 saturated heterocycles. The van der Waals surface area contributed by atoms with Crippen LogP contribution >= 0.6 is 0 Å². The summed E-state index contributed by atoms with van der Waals surface area (Å²) >= 11 is 0. The normalized spacial score (nSPS) is 23.3. The molecule has 0 N–H and O–H groups in total. The van der Waals surface area contributed by atoms with Crippen LogP contribution in [0, 0.1) is 5.92 Å². The Labute approximate surface area is 103 Å². The summed E-state index contributed by atoms with van der Waals surface area (Å²) in [5.74, 6) is 0.520. The molecule has 0 bridgehead atoms. The molecule has 0 unspecified atom stereocenters. The van der Waals surface area contributed by atoms with Crippen LogP contribution in [0.3, 0.4) is 0 Å². The molecule has 2 nitrogen and oxygen atoms in total. The fourth-order valence-corrected chi connectivity index (χ4v) is 2.45. The second kappa shape index (κ2) is 5.01. The molecular weight excluding hydrogens is 212 g/mol. The third-order valence-corrected chi connectivity index (χ3v) is 3.37. The van der Waals surface area contributed by atoms with Crippen molar-refractivity contribution in [3.8, 4) is 0 Å². The predicted octanol–water partition coefficient (Wildman–Crippen LogP) is 3.00. The molecule has 0 spiro atoms. The van der Waals surface area contributed by atoms with E-state index >= 15 is 0 Å². The molecule has 17 heavy (non-hydrogen) atoms. The second-order valence-electron chi connectivity index (χ2n) is 5.43. The zero-order chi connectivity index (χ0) is 12.3. The predicted molar refractivity (Wildman–Crippen MR) is 67.9 cm³/mol. The van der Waals surface area contributed by atoms with Gasteiger partial charge in [-0.15, -0.1) is 0 Å². The monoisotopic (exact) mass is 232 g/mol. The van der Waals surface area contributed by atoms with Crippen LogP contribution < -0.4 is 0 Å². The van der Waals surface area contributed by atoms with Gasteiger partial charge in [-0.25, -0.2) is 0 Å². The van der Waals surface area contributed by atoms with E-state index in [9.17, 15) is 4.79 Å². The molecule has 0 saturated carbocycles. The Morgan fingerprint density at radius 2 is 2.06 bits per heavy atom. The number of hydrogen-bond donors (Lipinski definition) is 0. The minimum Gasteiger partial charge on any atom is -0.376 e. The van der Waals surface area contributed by atoms with Crippen LogP contribution in [0.1, 0.15) is 32.3 Å². The first-order valence-electron chi connectivity index (χ1n) is 6.27. The van der Waals surface area contributed by atoms with Crippen LogP contribution in [0.4, 0.5) is 0 Å².